The number of para-hydroxylation sites is 2. The van der Waals surface area contributed by atoms with Crippen molar-refractivity contribution >= 4 is 56.6 Å². The number of carbonyl (C=O) groups is 3. The van der Waals surface area contributed by atoms with Crippen LogP contribution < -0.4 is 10.6 Å². The lowest BCUT2D eigenvalue weighted by atomic mass is 9.70. The van der Waals surface area contributed by atoms with Gasteiger partial charge in [-0.25, -0.2) is 0 Å². The molecule has 5 rings (SSSR count). The van der Waals surface area contributed by atoms with E-state index in [0.29, 0.717) is 29.2 Å². The van der Waals surface area contributed by atoms with Crippen LogP contribution >= 0.6 is 27.5 Å². The van der Waals surface area contributed by atoms with Gasteiger partial charge in [0, 0.05) is 10.5 Å². The van der Waals surface area contributed by atoms with Gasteiger partial charge in [0.2, 0.25) is 17.7 Å². The number of ether oxygens (including phenoxy) is 1. The Bertz CT molecular complexity index is 1230. The molecule has 3 fully saturated rings. The lowest BCUT2D eigenvalue weighted by Gasteiger charge is -2.38. The number of halogens is 2. The maximum Gasteiger partial charge on any atom is 0.250 e. The molecule has 2 aromatic carbocycles. The van der Waals surface area contributed by atoms with E-state index in [2.05, 4.69) is 26.6 Å². The lowest BCUT2D eigenvalue weighted by Crippen LogP contribution is -2.57. The summed E-state index contributed by atoms with van der Waals surface area (Å²) in [5.41, 5.74) is -0.207. The van der Waals surface area contributed by atoms with E-state index in [0.717, 1.165) is 0 Å². The molecular formula is C28H31BrClN3O5. The van der Waals surface area contributed by atoms with Crippen LogP contribution in [0.15, 0.2) is 54.6 Å². The zero-order valence-corrected chi connectivity index (χ0v) is 23.5. The number of benzene rings is 2. The van der Waals surface area contributed by atoms with E-state index in [1.807, 2.05) is 32.0 Å². The van der Waals surface area contributed by atoms with Crippen molar-refractivity contribution in [1.29, 1.82) is 0 Å². The smallest absolute Gasteiger partial charge is 0.250 e. The van der Waals surface area contributed by atoms with Gasteiger partial charge in [0.1, 0.15) is 11.6 Å². The lowest BCUT2D eigenvalue weighted by molar-refractivity contribution is -0.144. The van der Waals surface area contributed by atoms with Gasteiger partial charge in [0.25, 0.3) is 0 Å². The highest BCUT2D eigenvalue weighted by molar-refractivity contribution is 9.09. The molecule has 3 amide bonds. The van der Waals surface area contributed by atoms with Crippen LogP contribution in [0.1, 0.15) is 26.7 Å². The zero-order valence-electron chi connectivity index (χ0n) is 21.1. The molecule has 2 bridgehead atoms. The third-order valence-electron chi connectivity index (χ3n) is 8.30. The van der Waals surface area contributed by atoms with E-state index < -0.39 is 41.5 Å². The molecule has 1 spiro atoms. The Hall–Kier alpha value is -2.46. The second-order valence-electron chi connectivity index (χ2n) is 10.4. The van der Waals surface area contributed by atoms with Crippen LogP contribution in [0.3, 0.4) is 0 Å². The average Bonchev–Trinajstić information content (AvgIpc) is 3.50. The number of nitrogens with zero attached hydrogens (tertiary/aromatic N) is 1. The number of alkyl halides is 1. The molecule has 0 aromatic heterocycles. The molecule has 38 heavy (non-hydrogen) atoms. The summed E-state index contributed by atoms with van der Waals surface area (Å²) in [6, 6.07) is 14.2. The minimum Gasteiger partial charge on any atom is -0.394 e. The van der Waals surface area contributed by atoms with Crippen LogP contribution in [0, 0.1) is 17.8 Å². The Balaban J connectivity index is 1.56. The summed E-state index contributed by atoms with van der Waals surface area (Å²) in [5, 5.41) is 16.6. The number of fused-ring (bicyclic) bond motifs is 1. The fourth-order valence-electron chi connectivity index (χ4n) is 6.35. The number of carbonyl (C=O) groups excluding carboxylic acids is 3. The van der Waals surface area contributed by atoms with Crippen molar-refractivity contribution < 1.29 is 24.2 Å². The minimum atomic E-state index is -1.24. The van der Waals surface area contributed by atoms with Crippen LogP contribution in [-0.4, -0.2) is 63.0 Å². The first-order chi connectivity index (χ1) is 18.2. The molecule has 3 saturated heterocycles. The molecule has 0 radical (unpaired) electrons. The highest BCUT2D eigenvalue weighted by atomic mass is 79.9. The van der Waals surface area contributed by atoms with Gasteiger partial charge in [-0.1, -0.05) is 78.1 Å². The van der Waals surface area contributed by atoms with E-state index in [1.165, 1.54) is 4.90 Å². The molecule has 8 nitrogen and oxygen atoms in total. The van der Waals surface area contributed by atoms with Gasteiger partial charge in [-0.05, 0) is 36.6 Å². The van der Waals surface area contributed by atoms with Crippen molar-refractivity contribution in [3.63, 3.8) is 0 Å². The summed E-state index contributed by atoms with van der Waals surface area (Å²) in [6.07, 6.45) is 0.481. The Morgan fingerprint density at radius 3 is 2.50 bits per heavy atom. The van der Waals surface area contributed by atoms with Crippen LogP contribution in [0.5, 0.6) is 0 Å². The van der Waals surface area contributed by atoms with Gasteiger partial charge in [-0.3, -0.25) is 14.4 Å². The van der Waals surface area contributed by atoms with Crippen molar-refractivity contribution in [3.8, 4) is 0 Å². The average molecular weight is 605 g/mol. The fraction of sp³-hybridized carbons (Fsp3) is 0.464. The zero-order chi connectivity index (χ0) is 27.2. The Kier molecular flexibility index (Phi) is 7.57. The second kappa shape index (κ2) is 10.6. The van der Waals surface area contributed by atoms with Gasteiger partial charge < -0.3 is 25.4 Å². The van der Waals surface area contributed by atoms with Crippen molar-refractivity contribution in [2.75, 3.05) is 17.2 Å². The first-order valence-electron chi connectivity index (χ1n) is 12.9. The second-order valence-corrected chi connectivity index (χ2v) is 12.0. The third-order valence-corrected chi connectivity index (χ3v) is 9.47. The van der Waals surface area contributed by atoms with Crippen molar-refractivity contribution in [3.05, 3.63) is 59.6 Å². The van der Waals surface area contributed by atoms with Crippen LogP contribution in [0.2, 0.25) is 5.02 Å². The highest BCUT2D eigenvalue weighted by Crippen LogP contribution is 2.60. The van der Waals surface area contributed by atoms with E-state index >= 15 is 0 Å². The van der Waals surface area contributed by atoms with E-state index in [1.54, 1.807) is 36.4 Å². The monoisotopic (exact) mass is 603 g/mol. The SMILES string of the molecule is CC[C@H](C)[C@H](CO)N1C(=O)[C@@H]2[C@H](C(=O)Nc3ccccc3)[C@H]3OC2(CC3Br)C1C(=O)Nc1ccccc1Cl. The molecule has 0 aliphatic carbocycles. The van der Waals surface area contributed by atoms with Crippen molar-refractivity contribution in [1.82, 2.24) is 4.90 Å². The van der Waals surface area contributed by atoms with Crippen molar-refractivity contribution in [2.45, 2.75) is 55.3 Å². The summed E-state index contributed by atoms with van der Waals surface area (Å²) >= 11 is 10.0. The number of anilines is 2. The molecule has 8 atom stereocenters. The number of amides is 3. The standard InChI is InChI=1S/C28H31BrClN3O5/c1-3-15(2)20(14-34)33-24(26(36)32-19-12-8-7-11-18(19)30)28-13-17(29)23(38-28)21(22(28)27(33)37)25(35)31-16-9-5-4-6-10-16/h4-12,15,17,20-24,34H,3,13-14H2,1-2H3,(H,31,35)(H,32,36)/t15-,17?,20-,21-,22-,23-,24?,28?/m0/s1. The molecule has 2 aromatic rings. The molecule has 202 valence electrons. The Morgan fingerprint density at radius 1 is 1.16 bits per heavy atom. The van der Waals surface area contributed by atoms with Gasteiger partial charge in [-0.2, -0.15) is 0 Å². The molecule has 3 aliphatic rings. The third kappa shape index (κ3) is 4.33. The molecule has 3 aliphatic heterocycles. The number of aliphatic hydroxyl groups excluding tert-OH is 1. The maximum atomic E-state index is 14.2. The minimum absolute atomic E-state index is 0.0941. The van der Waals surface area contributed by atoms with Crippen LogP contribution in [0.25, 0.3) is 0 Å². The maximum absolute atomic E-state index is 14.2. The molecule has 3 unspecified atom stereocenters. The fourth-order valence-corrected chi connectivity index (χ4v) is 7.47. The predicted octanol–water partition coefficient (Wildman–Crippen LogP) is 4.07. The largest absolute Gasteiger partial charge is 0.394 e. The summed E-state index contributed by atoms with van der Waals surface area (Å²) in [7, 11) is 0. The van der Waals surface area contributed by atoms with Crippen molar-refractivity contribution in [2.24, 2.45) is 17.8 Å². The summed E-state index contributed by atoms with van der Waals surface area (Å²) in [5.74, 6) is -2.91. The Morgan fingerprint density at radius 2 is 1.84 bits per heavy atom. The van der Waals surface area contributed by atoms with Gasteiger partial charge >= 0.3 is 0 Å². The highest BCUT2D eigenvalue weighted by Gasteiger charge is 2.77. The molecule has 3 heterocycles. The molecular weight excluding hydrogens is 574 g/mol. The summed E-state index contributed by atoms with van der Waals surface area (Å²) < 4.78 is 6.53. The summed E-state index contributed by atoms with van der Waals surface area (Å²) in [6.45, 7) is 3.59. The number of hydrogen-bond donors (Lipinski definition) is 3. The summed E-state index contributed by atoms with van der Waals surface area (Å²) in [4.78, 5) is 43.1. The normalized spacial score (nSPS) is 31.1. The number of aliphatic hydroxyl groups is 1. The van der Waals surface area contributed by atoms with E-state index in [-0.39, 0.29) is 29.2 Å². The first-order valence-corrected chi connectivity index (χ1v) is 14.2. The topological polar surface area (TPSA) is 108 Å². The van der Waals surface area contributed by atoms with Crippen LogP contribution in [0.4, 0.5) is 11.4 Å². The van der Waals surface area contributed by atoms with E-state index in [9.17, 15) is 19.5 Å². The van der Waals surface area contributed by atoms with Crippen LogP contribution in [-0.2, 0) is 19.1 Å². The van der Waals surface area contributed by atoms with Gasteiger partial charge in [0.15, 0.2) is 0 Å². The Labute approximate surface area is 235 Å². The number of rotatable bonds is 8. The predicted molar refractivity (Wildman–Crippen MR) is 148 cm³/mol. The molecule has 10 heteroatoms. The number of likely N-dealkylation sites (tertiary alicyclic amines) is 1. The number of hydrogen-bond acceptors (Lipinski definition) is 5. The first kappa shape index (κ1) is 27.1. The van der Waals surface area contributed by atoms with Gasteiger partial charge in [-0.15, -0.1) is 0 Å². The molecule has 3 N–H and O–H groups in total. The van der Waals surface area contributed by atoms with E-state index in [4.69, 9.17) is 16.3 Å². The van der Waals surface area contributed by atoms with Gasteiger partial charge in [0.05, 0.1) is 41.3 Å². The quantitative estimate of drug-likeness (QED) is 0.394. The molecule has 0 saturated carbocycles. The number of nitrogens with one attached hydrogen (secondary N) is 2.